The SMILES string of the molecule is Cc1ccc(NC(=O)N[C@H]2CCCN(S(C)(=O)=O)C2)cc1Cl. The number of hydrogen-bond donors (Lipinski definition) is 2. The van der Waals surface area contributed by atoms with E-state index in [4.69, 9.17) is 11.6 Å². The summed E-state index contributed by atoms with van der Waals surface area (Å²) in [7, 11) is -3.22. The van der Waals surface area contributed by atoms with E-state index < -0.39 is 10.0 Å². The van der Waals surface area contributed by atoms with Crippen molar-refractivity contribution in [1.29, 1.82) is 0 Å². The number of carbonyl (C=O) groups excluding carboxylic acids is 1. The third-order valence-corrected chi connectivity index (χ3v) is 5.29. The van der Waals surface area contributed by atoms with Gasteiger partial charge in [0.2, 0.25) is 10.0 Å². The number of aryl methyl sites for hydroxylation is 1. The average molecular weight is 346 g/mol. The second kappa shape index (κ2) is 6.85. The molecule has 0 bridgehead atoms. The van der Waals surface area contributed by atoms with Crippen molar-refractivity contribution in [3.8, 4) is 0 Å². The van der Waals surface area contributed by atoms with Crippen LogP contribution in [0.2, 0.25) is 5.02 Å². The highest BCUT2D eigenvalue weighted by atomic mass is 35.5. The number of carbonyl (C=O) groups is 1. The van der Waals surface area contributed by atoms with E-state index in [1.807, 2.05) is 13.0 Å². The van der Waals surface area contributed by atoms with Gasteiger partial charge in [-0.2, -0.15) is 0 Å². The summed E-state index contributed by atoms with van der Waals surface area (Å²) >= 11 is 6.01. The first-order chi connectivity index (χ1) is 10.3. The zero-order chi connectivity index (χ0) is 16.3. The van der Waals surface area contributed by atoms with Gasteiger partial charge in [0.1, 0.15) is 0 Å². The van der Waals surface area contributed by atoms with Crippen LogP contribution in [0, 0.1) is 6.92 Å². The Bertz CT molecular complexity index is 663. The number of benzene rings is 1. The minimum absolute atomic E-state index is 0.190. The molecule has 2 rings (SSSR count). The number of nitrogens with one attached hydrogen (secondary N) is 2. The topological polar surface area (TPSA) is 78.5 Å². The van der Waals surface area contributed by atoms with Crippen LogP contribution in [0.15, 0.2) is 18.2 Å². The summed E-state index contributed by atoms with van der Waals surface area (Å²) in [5.74, 6) is 0. The van der Waals surface area contributed by atoms with Crippen LogP contribution in [-0.4, -0.2) is 44.1 Å². The van der Waals surface area contributed by atoms with Gasteiger partial charge >= 0.3 is 6.03 Å². The summed E-state index contributed by atoms with van der Waals surface area (Å²) < 4.78 is 24.5. The molecule has 1 atom stereocenters. The van der Waals surface area contributed by atoms with Crippen molar-refractivity contribution < 1.29 is 13.2 Å². The highest BCUT2D eigenvalue weighted by molar-refractivity contribution is 7.88. The van der Waals surface area contributed by atoms with Crippen LogP contribution in [0.5, 0.6) is 0 Å². The zero-order valence-electron chi connectivity index (χ0n) is 12.6. The molecule has 1 heterocycles. The van der Waals surface area contributed by atoms with Gasteiger partial charge in [-0.25, -0.2) is 17.5 Å². The molecule has 1 aromatic carbocycles. The molecular formula is C14H20ClN3O3S. The smallest absolute Gasteiger partial charge is 0.319 e. The molecule has 0 aliphatic carbocycles. The Hall–Kier alpha value is -1.31. The van der Waals surface area contributed by atoms with E-state index in [1.54, 1.807) is 12.1 Å². The molecule has 6 nitrogen and oxygen atoms in total. The Morgan fingerprint density at radius 1 is 1.41 bits per heavy atom. The number of anilines is 1. The third-order valence-electron chi connectivity index (χ3n) is 3.62. The van der Waals surface area contributed by atoms with Crippen LogP contribution in [0.1, 0.15) is 18.4 Å². The standard InChI is InChI=1S/C14H20ClN3O3S/c1-10-5-6-11(8-13(10)15)16-14(19)17-12-4-3-7-18(9-12)22(2,20)21/h5-6,8,12H,3-4,7,9H2,1-2H3,(H2,16,17,19)/t12-/m0/s1. The predicted molar refractivity (Wildman–Crippen MR) is 87.8 cm³/mol. The largest absolute Gasteiger partial charge is 0.334 e. The number of sulfonamides is 1. The first kappa shape index (κ1) is 17.1. The van der Waals surface area contributed by atoms with Crippen molar-refractivity contribution in [2.24, 2.45) is 0 Å². The lowest BCUT2D eigenvalue weighted by Crippen LogP contribution is -2.50. The van der Waals surface area contributed by atoms with Gasteiger partial charge in [0.05, 0.1) is 6.26 Å². The van der Waals surface area contributed by atoms with E-state index in [-0.39, 0.29) is 12.1 Å². The predicted octanol–water partition coefficient (Wildman–Crippen LogP) is 2.19. The van der Waals surface area contributed by atoms with Crippen molar-refractivity contribution in [1.82, 2.24) is 9.62 Å². The molecule has 1 aliphatic rings. The first-order valence-electron chi connectivity index (χ1n) is 7.04. The van der Waals surface area contributed by atoms with Gasteiger partial charge in [0.15, 0.2) is 0 Å². The van der Waals surface area contributed by atoms with Crippen LogP contribution in [-0.2, 0) is 10.0 Å². The van der Waals surface area contributed by atoms with Crippen molar-refractivity contribution in [2.45, 2.75) is 25.8 Å². The number of urea groups is 1. The Balaban J connectivity index is 1.92. The van der Waals surface area contributed by atoms with Gasteiger partial charge in [0, 0.05) is 29.8 Å². The zero-order valence-corrected chi connectivity index (χ0v) is 14.2. The Labute approximate surface area is 135 Å². The van der Waals surface area contributed by atoms with Gasteiger partial charge in [-0.05, 0) is 37.5 Å². The molecule has 1 aliphatic heterocycles. The highest BCUT2D eigenvalue weighted by Gasteiger charge is 2.26. The Kier molecular flexibility index (Phi) is 5.31. The molecule has 1 saturated heterocycles. The number of nitrogens with zero attached hydrogens (tertiary/aromatic N) is 1. The number of halogens is 1. The number of rotatable bonds is 3. The molecule has 0 spiro atoms. The first-order valence-corrected chi connectivity index (χ1v) is 9.27. The lowest BCUT2D eigenvalue weighted by molar-refractivity contribution is 0.236. The maximum atomic E-state index is 12.0. The molecule has 0 aromatic heterocycles. The monoisotopic (exact) mass is 345 g/mol. The Morgan fingerprint density at radius 3 is 2.77 bits per heavy atom. The molecule has 2 N–H and O–H groups in total. The summed E-state index contributed by atoms with van der Waals surface area (Å²) in [5, 5.41) is 6.09. The van der Waals surface area contributed by atoms with Crippen LogP contribution in [0.4, 0.5) is 10.5 Å². The number of hydrogen-bond acceptors (Lipinski definition) is 3. The summed E-state index contributed by atoms with van der Waals surface area (Å²) in [6.07, 6.45) is 2.67. The lowest BCUT2D eigenvalue weighted by Gasteiger charge is -2.31. The van der Waals surface area contributed by atoms with Crippen LogP contribution in [0.3, 0.4) is 0 Å². The maximum absolute atomic E-state index is 12.0. The van der Waals surface area contributed by atoms with E-state index in [9.17, 15) is 13.2 Å². The van der Waals surface area contributed by atoms with Crippen LogP contribution >= 0.6 is 11.6 Å². The van der Waals surface area contributed by atoms with Gasteiger partial charge in [0.25, 0.3) is 0 Å². The molecule has 8 heteroatoms. The van der Waals surface area contributed by atoms with Crippen LogP contribution < -0.4 is 10.6 Å². The van der Waals surface area contributed by atoms with E-state index >= 15 is 0 Å². The fourth-order valence-electron chi connectivity index (χ4n) is 2.38. The lowest BCUT2D eigenvalue weighted by atomic mass is 10.1. The second-order valence-corrected chi connectivity index (χ2v) is 7.91. The average Bonchev–Trinajstić information content (AvgIpc) is 2.42. The fourth-order valence-corrected chi connectivity index (χ4v) is 3.48. The molecule has 22 heavy (non-hydrogen) atoms. The molecule has 0 saturated carbocycles. The molecule has 0 radical (unpaired) electrons. The van der Waals surface area contributed by atoms with Crippen molar-refractivity contribution in [3.63, 3.8) is 0 Å². The van der Waals surface area contributed by atoms with Crippen LogP contribution in [0.25, 0.3) is 0 Å². The van der Waals surface area contributed by atoms with E-state index in [0.717, 1.165) is 18.4 Å². The normalized spacial score (nSPS) is 19.7. The number of amides is 2. The molecule has 122 valence electrons. The minimum atomic E-state index is -3.22. The molecular weight excluding hydrogens is 326 g/mol. The summed E-state index contributed by atoms with van der Waals surface area (Å²) in [6, 6.07) is 4.72. The fraction of sp³-hybridized carbons (Fsp3) is 0.500. The quantitative estimate of drug-likeness (QED) is 0.881. The molecule has 1 aromatic rings. The second-order valence-electron chi connectivity index (χ2n) is 5.52. The minimum Gasteiger partial charge on any atom is -0.334 e. The number of piperidine rings is 1. The summed E-state index contributed by atoms with van der Waals surface area (Å²) in [6.45, 7) is 2.70. The van der Waals surface area contributed by atoms with Gasteiger partial charge < -0.3 is 10.6 Å². The maximum Gasteiger partial charge on any atom is 0.319 e. The van der Waals surface area contributed by atoms with Crippen molar-refractivity contribution >= 4 is 33.3 Å². The Morgan fingerprint density at radius 2 is 2.14 bits per heavy atom. The van der Waals surface area contributed by atoms with Crippen molar-refractivity contribution in [3.05, 3.63) is 28.8 Å². The van der Waals surface area contributed by atoms with Gasteiger partial charge in [-0.1, -0.05) is 17.7 Å². The third kappa shape index (κ3) is 4.59. The van der Waals surface area contributed by atoms with Gasteiger partial charge in [-0.15, -0.1) is 0 Å². The van der Waals surface area contributed by atoms with Crippen molar-refractivity contribution in [2.75, 3.05) is 24.7 Å². The molecule has 0 unspecified atom stereocenters. The highest BCUT2D eigenvalue weighted by Crippen LogP contribution is 2.20. The van der Waals surface area contributed by atoms with E-state index in [2.05, 4.69) is 10.6 Å². The van der Waals surface area contributed by atoms with E-state index in [1.165, 1.54) is 10.6 Å². The van der Waals surface area contributed by atoms with E-state index in [0.29, 0.717) is 23.8 Å². The summed E-state index contributed by atoms with van der Waals surface area (Å²) in [4.78, 5) is 12.0. The molecule has 2 amide bonds. The summed E-state index contributed by atoms with van der Waals surface area (Å²) in [5.41, 5.74) is 1.53. The molecule has 1 fully saturated rings. The van der Waals surface area contributed by atoms with Gasteiger partial charge in [-0.3, -0.25) is 0 Å².